The maximum absolute atomic E-state index is 12.4. The molecule has 12 heteroatoms. The third-order valence-corrected chi connectivity index (χ3v) is 7.54. The second-order valence-electron chi connectivity index (χ2n) is 7.54. The van der Waals surface area contributed by atoms with Gasteiger partial charge in [0.2, 0.25) is 0 Å². The minimum Gasteiger partial charge on any atom is -0.465 e. The van der Waals surface area contributed by atoms with E-state index >= 15 is 0 Å². The first kappa shape index (κ1) is 26.1. The minimum atomic E-state index is -3.74. The molecule has 34 heavy (non-hydrogen) atoms. The highest BCUT2D eigenvalue weighted by atomic mass is 35.5. The standard InChI is InChI=1S/C22H24Cl2N4O5S/c23-18-2-1-3-19(24)20(18)34(32,33)14-25-9-8-17(29)13-26-12-15-4-6-16(7-5-15)21-27-10-11-28(21)22(30)31/h1-7,25-26H,8-14H2,(H,30,31). The van der Waals surface area contributed by atoms with E-state index in [1.807, 2.05) is 12.1 Å². The Kier molecular flexibility index (Phi) is 9.03. The molecular formula is C22H24Cl2N4O5S. The molecule has 0 fully saturated rings. The lowest BCUT2D eigenvalue weighted by Crippen LogP contribution is -2.33. The van der Waals surface area contributed by atoms with Gasteiger partial charge in [0.1, 0.15) is 22.4 Å². The molecule has 3 N–H and O–H groups in total. The molecule has 0 aliphatic carbocycles. The van der Waals surface area contributed by atoms with Crippen LogP contribution in [0.3, 0.4) is 0 Å². The van der Waals surface area contributed by atoms with Gasteiger partial charge in [0, 0.05) is 25.1 Å². The van der Waals surface area contributed by atoms with Gasteiger partial charge in [-0.3, -0.25) is 14.7 Å². The van der Waals surface area contributed by atoms with Gasteiger partial charge in [-0.1, -0.05) is 53.5 Å². The molecule has 1 aliphatic heterocycles. The molecule has 182 valence electrons. The van der Waals surface area contributed by atoms with Crippen LogP contribution in [0.15, 0.2) is 52.4 Å². The number of halogens is 2. The highest BCUT2D eigenvalue weighted by molar-refractivity contribution is 7.91. The maximum atomic E-state index is 12.4. The van der Waals surface area contributed by atoms with E-state index in [9.17, 15) is 23.1 Å². The van der Waals surface area contributed by atoms with Crippen molar-refractivity contribution < 1.29 is 23.1 Å². The van der Waals surface area contributed by atoms with Crippen LogP contribution < -0.4 is 10.6 Å². The van der Waals surface area contributed by atoms with Crippen LogP contribution in [-0.4, -0.2) is 68.2 Å². The maximum Gasteiger partial charge on any atom is 0.413 e. The smallest absolute Gasteiger partial charge is 0.413 e. The second kappa shape index (κ2) is 11.8. The molecule has 0 spiro atoms. The van der Waals surface area contributed by atoms with E-state index in [-0.39, 0.29) is 46.1 Å². The molecule has 0 atom stereocenters. The molecule has 0 unspecified atom stereocenters. The van der Waals surface area contributed by atoms with E-state index in [1.54, 1.807) is 18.2 Å². The van der Waals surface area contributed by atoms with Gasteiger partial charge in [0.15, 0.2) is 9.84 Å². The Morgan fingerprint density at radius 3 is 2.38 bits per heavy atom. The number of Topliss-reactive ketones (excluding diaryl/α,β-unsaturated/α-hetero) is 1. The number of nitrogens with one attached hydrogen (secondary N) is 2. The summed E-state index contributed by atoms with van der Waals surface area (Å²) in [5, 5.41) is 15.1. The number of hydrogen-bond acceptors (Lipinski definition) is 7. The number of amides is 1. The zero-order valence-corrected chi connectivity index (χ0v) is 20.5. The summed E-state index contributed by atoms with van der Waals surface area (Å²) in [5.74, 6) is -0.0168. The Morgan fingerprint density at radius 1 is 1.06 bits per heavy atom. The van der Waals surface area contributed by atoms with Crippen LogP contribution in [0.4, 0.5) is 4.79 Å². The van der Waals surface area contributed by atoms with Crippen molar-refractivity contribution >= 4 is 50.8 Å². The number of hydrogen-bond donors (Lipinski definition) is 3. The first-order valence-corrected chi connectivity index (χ1v) is 12.8. The summed E-state index contributed by atoms with van der Waals surface area (Å²) in [6.45, 7) is 1.57. The molecule has 9 nitrogen and oxygen atoms in total. The molecule has 0 saturated heterocycles. The van der Waals surface area contributed by atoms with Gasteiger partial charge in [0.25, 0.3) is 0 Å². The Morgan fingerprint density at radius 2 is 1.74 bits per heavy atom. The number of rotatable bonds is 11. The quantitative estimate of drug-likeness (QED) is 0.384. The van der Waals surface area contributed by atoms with Gasteiger partial charge in [0.05, 0.1) is 29.7 Å². The normalized spacial score (nSPS) is 13.7. The van der Waals surface area contributed by atoms with Crippen LogP contribution in [0.5, 0.6) is 0 Å². The summed E-state index contributed by atoms with van der Waals surface area (Å²) in [5.41, 5.74) is 1.65. The zero-order valence-electron chi connectivity index (χ0n) is 18.1. The van der Waals surface area contributed by atoms with Crippen molar-refractivity contribution in [2.45, 2.75) is 17.9 Å². The lowest BCUT2D eigenvalue weighted by atomic mass is 10.1. The summed E-state index contributed by atoms with van der Waals surface area (Å²) in [4.78, 5) is 28.7. The molecule has 0 bridgehead atoms. The van der Waals surface area contributed by atoms with Crippen molar-refractivity contribution in [1.29, 1.82) is 0 Å². The summed E-state index contributed by atoms with van der Waals surface area (Å²) >= 11 is 11.9. The predicted molar refractivity (Wildman–Crippen MR) is 130 cm³/mol. The van der Waals surface area contributed by atoms with E-state index in [1.165, 1.54) is 17.0 Å². The number of ketones is 1. The summed E-state index contributed by atoms with van der Waals surface area (Å²) in [6.07, 6.45) is -0.872. The van der Waals surface area contributed by atoms with Gasteiger partial charge in [-0.15, -0.1) is 0 Å². The van der Waals surface area contributed by atoms with Crippen molar-refractivity contribution in [2.24, 2.45) is 4.99 Å². The van der Waals surface area contributed by atoms with Crippen molar-refractivity contribution in [3.8, 4) is 0 Å². The molecule has 2 aromatic rings. The van der Waals surface area contributed by atoms with E-state index in [2.05, 4.69) is 15.6 Å². The third-order valence-electron chi connectivity index (χ3n) is 5.04. The molecule has 1 amide bonds. The molecule has 0 aromatic heterocycles. The van der Waals surface area contributed by atoms with Crippen molar-refractivity contribution in [1.82, 2.24) is 15.5 Å². The lowest BCUT2D eigenvalue weighted by Gasteiger charge is -2.14. The highest BCUT2D eigenvalue weighted by Crippen LogP contribution is 2.29. The number of benzene rings is 2. The van der Waals surface area contributed by atoms with Crippen molar-refractivity contribution in [3.05, 3.63) is 63.6 Å². The number of carboxylic acid groups (broad SMARTS) is 1. The Bertz CT molecular complexity index is 1170. The Labute approximate surface area is 207 Å². The molecular weight excluding hydrogens is 503 g/mol. The van der Waals surface area contributed by atoms with Crippen LogP contribution >= 0.6 is 23.2 Å². The van der Waals surface area contributed by atoms with Crippen molar-refractivity contribution in [2.75, 3.05) is 32.1 Å². The Balaban J connectivity index is 1.38. The first-order valence-electron chi connectivity index (χ1n) is 10.4. The molecule has 3 rings (SSSR count). The fourth-order valence-electron chi connectivity index (χ4n) is 3.37. The van der Waals surface area contributed by atoms with Gasteiger partial charge in [-0.25, -0.2) is 13.2 Å². The van der Waals surface area contributed by atoms with Crippen LogP contribution in [0.25, 0.3) is 0 Å². The number of aliphatic imine (C=N–C) groups is 1. The molecule has 1 aliphatic rings. The number of nitrogens with zero attached hydrogens (tertiary/aromatic N) is 2. The number of amidine groups is 1. The van der Waals surface area contributed by atoms with Gasteiger partial charge in [-0.2, -0.15) is 0 Å². The number of sulfone groups is 1. The molecule has 2 aromatic carbocycles. The largest absolute Gasteiger partial charge is 0.465 e. The monoisotopic (exact) mass is 526 g/mol. The molecule has 0 radical (unpaired) electrons. The molecule has 0 saturated carbocycles. The van der Waals surface area contributed by atoms with Gasteiger partial charge < -0.3 is 15.7 Å². The lowest BCUT2D eigenvalue weighted by molar-refractivity contribution is -0.118. The zero-order chi connectivity index (χ0) is 24.7. The summed E-state index contributed by atoms with van der Waals surface area (Å²) in [7, 11) is -3.74. The highest BCUT2D eigenvalue weighted by Gasteiger charge is 2.24. The minimum absolute atomic E-state index is 0.0538. The second-order valence-corrected chi connectivity index (χ2v) is 10.3. The van der Waals surface area contributed by atoms with E-state index in [0.29, 0.717) is 25.5 Å². The van der Waals surface area contributed by atoms with Crippen molar-refractivity contribution in [3.63, 3.8) is 0 Å². The third kappa shape index (κ3) is 6.77. The van der Waals surface area contributed by atoms with Gasteiger partial charge in [-0.05, 0) is 17.7 Å². The summed E-state index contributed by atoms with van der Waals surface area (Å²) < 4.78 is 24.9. The summed E-state index contributed by atoms with van der Waals surface area (Å²) in [6, 6.07) is 11.8. The first-order chi connectivity index (χ1) is 16.2. The van der Waals surface area contributed by atoms with Crippen LogP contribution in [0, 0.1) is 0 Å². The van der Waals surface area contributed by atoms with Crippen LogP contribution in [0.1, 0.15) is 17.5 Å². The topological polar surface area (TPSA) is 128 Å². The van der Waals surface area contributed by atoms with Gasteiger partial charge >= 0.3 is 6.09 Å². The van der Waals surface area contributed by atoms with Crippen LogP contribution in [-0.2, 0) is 21.2 Å². The Hall–Kier alpha value is -2.50. The van der Waals surface area contributed by atoms with E-state index in [0.717, 1.165) is 11.1 Å². The average Bonchev–Trinajstić information content (AvgIpc) is 3.27. The van der Waals surface area contributed by atoms with E-state index < -0.39 is 15.9 Å². The fraction of sp³-hybridized carbons (Fsp3) is 0.318. The predicted octanol–water partition coefficient (Wildman–Crippen LogP) is 2.80. The SMILES string of the molecule is O=C(CCNCS(=O)(=O)c1c(Cl)cccc1Cl)CNCc1ccc(C2=NCCN2C(=O)O)cc1. The fourth-order valence-corrected chi connectivity index (χ4v) is 5.76. The molecule has 1 heterocycles. The average molecular weight is 527 g/mol. The van der Waals surface area contributed by atoms with E-state index in [4.69, 9.17) is 23.2 Å². The number of carbonyl (C=O) groups is 2. The van der Waals surface area contributed by atoms with Crippen LogP contribution in [0.2, 0.25) is 10.0 Å². The number of carbonyl (C=O) groups excluding carboxylic acids is 1.